The van der Waals surface area contributed by atoms with Crippen molar-refractivity contribution in [2.75, 3.05) is 5.32 Å². The van der Waals surface area contributed by atoms with Crippen molar-refractivity contribution in [2.45, 2.75) is 39.0 Å². The van der Waals surface area contributed by atoms with E-state index in [9.17, 15) is 24.8 Å². The predicted octanol–water partition coefficient (Wildman–Crippen LogP) is 4.21. The first-order valence-corrected chi connectivity index (χ1v) is 8.81. The second-order valence-corrected chi connectivity index (χ2v) is 6.14. The van der Waals surface area contributed by atoms with E-state index in [1.54, 1.807) is 6.92 Å². The van der Waals surface area contributed by atoms with Crippen molar-refractivity contribution >= 4 is 23.3 Å². The summed E-state index contributed by atoms with van der Waals surface area (Å²) in [7, 11) is 0. The number of hydrogen-bond donors (Lipinski definition) is 2. The zero-order chi connectivity index (χ0) is 19.8. The van der Waals surface area contributed by atoms with Gasteiger partial charge in [-0.2, -0.15) is 0 Å². The van der Waals surface area contributed by atoms with Crippen LogP contribution in [0.15, 0.2) is 42.5 Å². The smallest absolute Gasteiger partial charge is 0.336 e. The highest BCUT2D eigenvalue weighted by Crippen LogP contribution is 2.32. The lowest BCUT2D eigenvalue weighted by molar-refractivity contribution is -0.384. The number of carbonyl (C=O) groups excluding carboxylic acids is 1. The Morgan fingerprint density at radius 3 is 2.41 bits per heavy atom. The molecule has 1 amide bonds. The van der Waals surface area contributed by atoms with Crippen molar-refractivity contribution in [1.29, 1.82) is 0 Å². The van der Waals surface area contributed by atoms with E-state index in [4.69, 9.17) is 0 Å². The Bertz CT molecular complexity index is 834. The summed E-state index contributed by atoms with van der Waals surface area (Å²) in [6.45, 7) is 1.70. The lowest BCUT2D eigenvalue weighted by Crippen LogP contribution is -2.16. The SMILES string of the molecule is CCc1c(C(=O)O)ccc([N+](=O)[O-])c1NC(=O)CCCCc1ccccc1. The molecule has 0 aliphatic carbocycles. The fourth-order valence-electron chi connectivity index (χ4n) is 2.96. The molecule has 0 unspecified atom stereocenters. The van der Waals surface area contributed by atoms with Crippen LogP contribution < -0.4 is 5.32 Å². The summed E-state index contributed by atoms with van der Waals surface area (Å²) < 4.78 is 0. The van der Waals surface area contributed by atoms with E-state index in [1.807, 2.05) is 30.3 Å². The van der Waals surface area contributed by atoms with Gasteiger partial charge in [0, 0.05) is 12.5 Å². The van der Waals surface area contributed by atoms with E-state index in [0.29, 0.717) is 6.42 Å². The molecule has 0 aliphatic rings. The summed E-state index contributed by atoms with van der Waals surface area (Å²) in [6, 6.07) is 12.2. The van der Waals surface area contributed by atoms with Gasteiger partial charge in [0.15, 0.2) is 0 Å². The molecule has 0 saturated carbocycles. The Hall–Kier alpha value is -3.22. The van der Waals surface area contributed by atoms with Crippen LogP contribution in [0, 0.1) is 10.1 Å². The van der Waals surface area contributed by atoms with Gasteiger partial charge >= 0.3 is 5.97 Å². The molecule has 7 nitrogen and oxygen atoms in total. The zero-order valence-electron chi connectivity index (χ0n) is 15.1. The molecule has 2 N–H and O–H groups in total. The highest BCUT2D eigenvalue weighted by molar-refractivity contribution is 5.98. The monoisotopic (exact) mass is 370 g/mol. The standard InChI is InChI=1S/C20H22N2O5/c1-2-15-16(20(24)25)12-13-17(22(26)27)19(15)21-18(23)11-7-6-10-14-8-4-3-5-9-14/h3-5,8-9,12-13H,2,6-7,10-11H2,1H3,(H,21,23)(H,24,25). The minimum Gasteiger partial charge on any atom is -0.478 e. The third-order valence-electron chi connectivity index (χ3n) is 4.30. The molecular formula is C20H22N2O5. The van der Waals surface area contributed by atoms with Crippen LogP contribution in [0.3, 0.4) is 0 Å². The molecule has 0 atom stereocenters. The van der Waals surface area contributed by atoms with Crippen LogP contribution in [0.4, 0.5) is 11.4 Å². The Balaban J connectivity index is 2.06. The van der Waals surface area contributed by atoms with Crippen molar-refractivity contribution in [3.8, 4) is 0 Å². The van der Waals surface area contributed by atoms with Crippen molar-refractivity contribution in [3.05, 3.63) is 69.3 Å². The molecular weight excluding hydrogens is 348 g/mol. The second-order valence-electron chi connectivity index (χ2n) is 6.14. The van der Waals surface area contributed by atoms with Crippen molar-refractivity contribution in [1.82, 2.24) is 0 Å². The number of aryl methyl sites for hydroxylation is 1. The Morgan fingerprint density at radius 2 is 1.81 bits per heavy atom. The fourth-order valence-corrected chi connectivity index (χ4v) is 2.96. The number of nitrogens with one attached hydrogen (secondary N) is 1. The summed E-state index contributed by atoms with van der Waals surface area (Å²) in [5.74, 6) is -1.54. The summed E-state index contributed by atoms with van der Waals surface area (Å²) in [6.07, 6.45) is 2.77. The first kappa shape index (κ1) is 20.1. The van der Waals surface area contributed by atoms with Gasteiger partial charge in [0.2, 0.25) is 5.91 Å². The van der Waals surface area contributed by atoms with E-state index in [-0.39, 0.29) is 41.3 Å². The first-order chi connectivity index (χ1) is 12.9. The molecule has 0 spiro atoms. The predicted molar refractivity (Wildman–Crippen MR) is 102 cm³/mol. The summed E-state index contributed by atoms with van der Waals surface area (Å²) in [5.41, 5.74) is 1.10. The number of benzene rings is 2. The summed E-state index contributed by atoms with van der Waals surface area (Å²) in [4.78, 5) is 34.3. The zero-order valence-corrected chi connectivity index (χ0v) is 15.1. The fraction of sp³-hybridized carbons (Fsp3) is 0.300. The van der Waals surface area contributed by atoms with Gasteiger partial charge in [0.05, 0.1) is 10.5 Å². The Morgan fingerprint density at radius 1 is 1.11 bits per heavy atom. The van der Waals surface area contributed by atoms with E-state index in [2.05, 4.69) is 5.32 Å². The van der Waals surface area contributed by atoms with Gasteiger partial charge in [0.25, 0.3) is 5.69 Å². The largest absolute Gasteiger partial charge is 0.478 e. The maximum Gasteiger partial charge on any atom is 0.336 e. The maximum absolute atomic E-state index is 12.3. The summed E-state index contributed by atoms with van der Waals surface area (Å²) >= 11 is 0. The molecule has 0 fully saturated rings. The first-order valence-electron chi connectivity index (χ1n) is 8.81. The Labute approximate surface area is 157 Å². The Kier molecular flexibility index (Phi) is 7.05. The van der Waals surface area contributed by atoms with Crippen molar-refractivity contribution in [3.63, 3.8) is 0 Å². The van der Waals surface area contributed by atoms with Crippen LogP contribution in [-0.4, -0.2) is 21.9 Å². The molecule has 27 heavy (non-hydrogen) atoms. The molecule has 2 rings (SSSR count). The number of nitrogens with zero attached hydrogens (tertiary/aromatic N) is 1. The maximum atomic E-state index is 12.3. The van der Waals surface area contributed by atoms with Crippen molar-refractivity contribution < 1.29 is 19.6 Å². The van der Waals surface area contributed by atoms with Gasteiger partial charge in [-0.15, -0.1) is 0 Å². The third kappa shape index (κ3) is 5.37. The molecule has 7 heteroatoms. The number of hydrogen-bond acceptors (Lipinski definition) is 4. The van der Waals surface area contributed by atoms with E-state index < -0.39 is 10.9 Å². The molecule has 2 aromatic carbocycles. The quantitative estimate of drug-likeness (QED) is 0.390. The van der Waals surface area contributed by atoms with Crippen LogP contribution in [0.25, 0.3) is 0 Å². The van der Waals surface area contributed by atoms with Crippen LogP contribution in [-0.2, 0) is 17.6 Å². The van der Waals surface area contributed by atoms with Gasteiger partial charge in [-0.3, -0.25) is 14.9 Å². The normalized spacial score (nSPS) is 10.4. The number of rotatable bonds is 9. The second kappa shape index (κ2) is 9.47. The number of anilines is 1. The van der Waals surface area contributed by atoms with Gasteiger partial charge < -0.3 is 10.4 Å². The molecule has 0 saturated heterocycles. The van der Waals surface area contributed by atoms with Crippen molar-refractivity contribution in [2.24, 2.45) is 0 Å². The lowest BCUT2D eigenvalue weighted by atomic mass is 10.0. The molecule has 0 bridgehead atoms. The highest BCUT2D eigenvalue weighted by Gasteiger charge is 2.24. The minimum absolute atomic E-state index is 0.0181. The van der Waals surface area contributed by atoms with E-state index in [1.165, 1.54) is 11.6 Å². The summed E-state index contributed by atoms with van der Waals surface area (Å²) in [5, 5.41) is 23.1. The van der Waals surface area contributed by atoms with Crippen LogP contribution in [0.5, 0.6) is 0 Å². The van der Waals surface area contributed by atoms with Crippen LogP contribution in [0.2, 0.25) is 0 Å². The third-order valence-corrected chi connectivity index (χ3v) is 4.30. The number of amides is 1. The van der Waals surface area contributed by atoms with Gasteiger partial charge in [-0.25, -0.2) is 4.79 Å². The molecule has 0 aromatic heterocycles. The van der Waals surface area contributed by atoms with Gasteiger partial charge in [-0.05, 0) is 42.9 Å². The average molecular weight is 370 g/mol. The van der Waals surface area contributed by atoms with E-state index >= 15 is 0 Å². The molecule has 0 aliphatic heterocycles. The number of aromatic carboxylic acids is 1. The number of carboxylic acids is 1. The molecule has 142 valence electrons. The number of nitro benzene ring substituents is 1. The molecule has 0 heterocycles. The average Bonchev–Trinajstić information content (AvgIpc) is 2.65. The molecule has 0 radical (unpaired) electrons. The number of carbonyl (C=O) groups is 2. The highest BCUT2D eigenvalue weighted by atomic mass is 16.6. The number of carboxylic acid groups (broad SMARTS) is 1. The van der Waals surface area contributed by atoms with Gasteiger partial charge in [0.1, 0.15) is 5.69 Å². The van der Waals surface area contributed by atoms with Crippen LogP contribution >= 0.6 is 0 Å². The number of unbranched alkanes of at least 4 members (excludes halogenated alkanes) is 1. The van der Waals surface area contributed by atoms with E-state index in [0.717, 1.165) is 18.9 Å². The van der Waals surface area contributed by atoms with Gasteiger partial charge in [-0.1, -0.05) is 37.3 Å². The molecule has 2 aromatic rings. The topological polar surface area (TPSA) is 110 Å². The minimum atomic E-state index is -1.18. The lowest BCUT2D eigenvalue weighted by Gasteiger charge is -2.13. The number of nitro groups is 1. The van der Waals surface area contributed by atoms with Crippen LogP contribution in [0.1, 0.15) is 47.7 Å².